The number of likely N-dealkylation sites (N-methyl/N-ethyl adjacent to an activating group) is 1. The van der Waals surface area contributed by atoms with Gasteiger partial charge in [0.1, 0.15) is 11.6 Å². The van der Waals surface area contributed by atoms with E-state index in [0.717, 1.165) is 55.6 Å². The zero-order valence-corrected chi connectivity index (χ0v) is 17.6. The van der Waals surface area contributed by atoms with Crippen molar-refractivity contribution in [1.82, 2.24) is 20.1 Å². The summed E-state index contributed by atoms with van der Waals surface area (Å²) in [4.78, 5) is 15.7. The molecule has 2 aromatic rings. The molecule has 1 aromatic carbocycles. The number of aliphatic imine (C=N–C) groups is 1. The maximum Gasteiger partial charge on any atom is 0.193 e. The first-order chi connectivity index (χ1) is 14.1. The molecule has 0 bridgehead atoms. The van der Waals surface area contributed by atoms with E-state index in [1.165, 1.54) is 6.07 Å². The van der Waals surface area contributed by atoms with Gasteiger partial charge in [0.05, 0.1) is 0 Å². The molecule has 29 heavy (non-hydrogen) atoms. The average molecular weight is 399 g/mol. The second kappa shape index (κ2) is 10.2. The van der Waals surface area contributed by atoms with Crippen molar-refractivity contribution in [2.75, 3.05) is 51.7 Å². The summed E-state index contributed by atoms with van der Waals surface area (Å²) in [5, 5.41) is 3.39. The quantitative estimate of drug-likeness (QED) is 0.599. The Morgan fingerprint density at radius 1 is 1.17 bits per heavy atom. The fraction of sp³-hybridized carbons (Fsp3) is 0.455. The van der Waals surface area contributed by atoms with Gasteiger partial charge in [-0.25, -0.2) is 9.37 Å². The van der Waals surface area contributed by atoms with Crippen molar-refractivity contribution < 1.29 is 4.39 Å². The minimum atomic E-state index is -0.220. The molecule has 3 rings (SSSR count). The number of anilines is 1. The van der Waals surface area contributed by atoms with Gasteiger partial charge in [0.25, 0.3) is 0 Å². The highest BCUT2D eigenvalue weighted by atomic mass is 19.1. The van der Waals surface area contributed by atoms with Crippen LogP contribution in [0.5, 0.6) is 0 Å². The first-order valence-electron chi connectivity index (χ1n) is 10.2. The maximum atomic E-state index is 13.4. The lowest BCUT2D eigenvalue weighted by molar-refractivity contribution is 0.270. The predicted molar refractivity (Wildman–Crippen MR) is 117 cm³/mol. The second-order valence-corrected chi connectivity index (χ2v) is 7.33. The van der Waals surface area contributed by atoms with Crippen LogP contribution in [-0.4, -0.2) is 67.6 Å². The van der Waals surface area contributed by atoms with Crippen molar-refractivity contribution in [1.29, 1.82) is 0 Å². The molecule has 0 atom stereocenters. The highest BCUT2D eigenvalue weighted by molar-refractivity contribution is 5.79. The molecule has 1 N–H and O–H groups in total. The highest BCUT2D eigenvalue weighted by Crippen LogP contribution is 2.15. The van der Waals surface area contributed by atoms with Gasteiger partial charge in [-0.1, -0.05) is 19.1 Å². The summed E-state index contributed by atoms with van der Waals surface area (Å²) in [5.74, 6) is 1.58. The molecule has 2 heterocycles. The van der Waals surface area contributed by atoms with Gasteiger partial charge in [-0.05, 0) is 41.9 Å². The molecule has 1 aliphatic heterocycles. The number of hydrogen-bond acceptors (Lipinski definition) is 4. The highest BCUT2D eigenvalue weighted by Gasteiger charge is 2.17. The normalized spacial score (nSPS) is 15.4. The van der Waals surface area contributed by atoms with E-state index in [9.17, 15) is 4.39 Å². The van der Waals surface area contributed by atoms with Crippen molar-refractivity contribution in [3.8, 4) is 0 Å². The molecular formula is C22H31FN6. The van der Waals surface area contributed by atoms with Crippen LogP contribution >= 0.6 is 0 Å². The number of nitrogens with one attached hydrogen (secondary N) is 1. The van der Waals surface area contributed by atoms with Gasteiger partial charge in [0, 0.05) is 59.6 Å². The number of hydrogen-bond donors (Lipinski definition) is 1. The van der Waals surface area contributed by atoms with Crippen molar-refractivity contribution in [2.24, 2.45) is 4.99 Å². The molecule has 1 fully saturated rings. The van der Waals surface area contributed by atoms with Crippen molar-refractivity contribution in [3.05, 3.63) is 59.5 Å². The summed E-state index contributed by atoms with van der Waals surface area (Å²) in [6, 6.07) is 10.8. The first kappa shape index (κ1) is 21.0. The Morgan fingerprint density at radius 3 is 2.66 bits per heavy atom. The van der Waals surface area contributed by atoms with E-state index in [1.807, 2.05) is 30.3 Å². The minimum absolute atomic E-state index is 0.220. The molecule has 0 aliphatic carbocycles. The maximum absolute atomic E-state index is 13.4. The van der Waals surface area contributed by atoms with Crippen LogP contribution in [0.1, 0.15) is 18.1 Å². The standard InChI is InChI=1S/C22H31FN6/c1-4-28-10-12-29(13-11-28)21-15-18(8-9-25-21)16-26-22(24-2)27(3)17-19-6-5-7-20(23)14-19/h5-9,14-15H,4,10-13,16-17H2,1-3H3,(H,24,26). The number of benzene rings is 1. The molecule has 1 aliphatic rings. The molecule has 0 radical (unpaired) electrons. The number of piperazine rings is 1. The van der Waals surface area contributed by atoms with E-state index in [4.69, 9.17) is 0 Å². The van der Waals surface area contributed by atoms with E-state index in [1.54, 1.807) is 19.2 Å². The Labute approximate surface area is 173 Å². The Morgan fingerprint density at radius 2 is 1.97 bits per heavy atom. The van der Waals surface area contributed by atoms with Crippen LogP contribution in [0.25, 0.3) is 0 Å². The average Bonchev–Trinajstić information content (AvgIpc) is 2.74. The third-order valence-corrected chi connectivity index (χ3v) is 5.29. The summed E-state index contributed by atoms with van der Waals surface area (Å²) < 4.78 is 13.4. The lowest BCUT2D eigenvalue weighted by Crippen LogP contribution is -2.46. The van der Waals surface area contributed by atoms with Gasteiger partial charge in [0.15, 0.2) is 5.96 Å². The summed E-state index contributed by atoms with van der Waals surface area (Å²) in [6.07, 6.45) is 1.87. The van der Waals surface area contributed by atoms with Crippen LogP contribution in [0.3, 0.4) is 0 Å². The second-order valence-electron chi connectivity index (χ2n) is 7.33. The van der Waals surface area contributed by atoms with Crippen LogP contribution in [-0.2, 0) is 13.1 Å². The van der Waals surface area contributed by atoms with E-state index >= 15 is 0 Å². The third-order valence-electron chi connectivity index (χ3n) is 5.29. The lowest BCUT2D eigenvalue weighted by atomic mass is 10.2. The van der Waals surface area contributed by atoms with Gasteiger partial charge in [-0.3, -0.25) is 4.99 Å². The van der Waals surface area contributed by atoms with E-state index in [0.29, 0.717) is 13.1 Å². The molecule has 0 amide bonds. The van der Waals surface area contributed by atoms with Gasteiger partial charge in [-0.15, -0.1) is 0 Å². The fourth-order valence-electron chi connectivity index (χ4n) is 3.59. The number of halogens is 1. The topological polar surface area (TPSA) is 47.0 Å². The summed E-state index contributed by atoms with van der Waals surface area (Å²) in [7, 11) is 3.71. The van der Waals surface area contributed by atoms with Crippen LogP contribution in [0.15, 0.2) is 47.6 Å². The van der Waals surface area contributed by atoms with Crippen LogP contribution in [0, 0.1) is 5.82 Å². The number of nitrogens with zero attached hydrogens (tertiary/aromatic N) is 5. The Hall–Kier alpha value is -2.67. The molecule has 0 saturated carbocycles. The number of guanidine groups is 1. The molecule has 0 spiro atoms. The smallest absolute Gasteiger partial charge is 0.193 e. The minimum Gasteiger partial charge on any atom is -0.354 e. The monoisotopic (exact) mass is 398 g/mol. The van der Waals surface area contributed by atoms with Gasteiger partial charge in [0.2, 0.25) is 0 Å². The Balaban J connectivity index is 1.57. The molecule has 0 unspecified atom stereocenters. The van der Waals surface area contributed by atoms with E-state index in [2.05, 4.69) is 38.1 Å². The van der Waals surface area contributed by atoms with Crippen molar-refractivity contribution in [3.63, 3.8) is 0 Å². The Bertz CT molecular complexity index is 816. The predicted octanol–water partition coefficient (Wildman–Crippen LogP) is 2.57. The van der Waals surface area contributed by atoms with E-state index in [-0.39, 0.29) is 5.82 Å². The van der Waals surface area contributed by atoms with E-state index < -0.39 is 0 Å². The largest absolute Gasteiger partial charge is 0.354 e. The SMILES string of the molecule is CCN1CCN(c2cc(CNC(=NC)N(C)Cc3cccc(F)c3)ccn2)CC1. The zero-order chi connectivity index (χ0) is 20.6. The third kappa shape index (κ3) is 5.90. The summed E-state index contributed by atoms with van der Waals surface area (Å²) in [5.41, 5.74) is 2.07. The van der Waals surface area contributed by atoms with Crippen molar-refractivity contribution in [2.45, 2.75) is 20.0 Å². The van der Waals surface area contributed by atoms with Gasteiger partial charge < -0.3 is 20.0 Å². The fourth-order valence-corrected chi connectivity index (χ4v) is 3.59. The van der Waals surface area contributed by atoms with Crippen LogP contribution in [0.2, 0.25) is 0 Å². The molecule has 156 valence electrons. The summed E-state index contributed by atoms with van der Waals surface area (Å²) >= 11 is 0. The van der Waals surface area contributed by atoms with Gasteiger partial charge >= 0.3 is 0 Å². The van der Waals surface area contributed by atoms with Gasteiger partial charge in [-0.2, -0.15) is 0 Å². The van der Waals surface area contributed by atoms with Crippen molar-refractivity contribution >= 4 is 11.8 Å². The first-order valence-corrected chi connectivity index (χ1v) is 10.2. The summed E-state index contributed by atoms with van der Waals surface area (Å²) in [6.45, 7) is 8.74. The Kier molecular flexibility index (Phi) is 7.41. The molecular weight excluding hydrogens is 367 g/mol. The molecule has 1 aromatic heterocycles. The number of rotatable bonds is 6. The number of pyridine rings is 1. The molecule has 1 saturated heterocycles. The zero-order valence-electron chi connectivity index (χ0n) is 17.6. The lowest BCUT2D eigenvalue weighted by Gasteiger charge is -2.34. The number of aromatic nitrogens is 1. The van der Waals surface area contributed by atoms with Crippen LogP contribution < -0.4 is 10.2 Å². The van der Waals surface area contributed by atoms with Crippen LogP contribution in [0.4, 0.5) is 10.2 Å². The molecule has 6 nitrogen and oxygen atoms in total. The molecule has 7 heteroatoms.